The maximum absolute atomic E-state index is 11.7. The molecule has 2 aliphatic rings. The molecule has 2 heterocycles. The van der Waals surface area contributed by atoms with Crippen molar-refractivity contribution in [3.63, 3.8) is 0 Å². The van der Waals surface area contributed by atoms with E-state index in [1.807, 2.05) is 0 Å². The van der Waals surface area contributed by atoms with Gasteiger partial charge in [-0.1, -0.05) is 6.08 Å². The summed E-state index contributed by atoms with van der Waals surface area (Å²) < 4.78 is 5.22. The second kappa shape index (κ2) is 3.09. The molecule has 2 rings (SSSR count). The Kier molecular flexibility index (Phi) is 2.03. The number of hydrogen-bond donors (Lipinski definition) is 0. The number of fused-ring (bicyclic) bond motifs is 1. The van der Waals surface area contributed by atoms with Gasteiger partial charge in [0, 0.05) is 6.54 Å². The summed E-state index contributed by atoms with van der Waals surface area (Å²) in [6.07, 6.45) is 1.25. The molecule has 0 spiro atoms. The molecule has 0 aromatic heterocycles. The van der Waals surface area contributed by atoms with Crippen molar-refractivity contribution in [3.8, 4) is 0 Å². The van der Waals surface area contributed by atoms with Crippen LogP contribution in [0.4, 0.5) is 4.79 Å². The first-order valence-electron chi connectivity index (χ1n) is 4.53. The van der Waals surface area contributed by atoms with Crippen molar-refractivity contribution in [1.82, 2.24) is 9.80 Å². The van der Waals surface area contributed by atoms with E-state index in [1.54, 1.807) is 13.0 Å². The van der Waals surface area contributed by atoms with Crippen LogP contribution in [0.15, 0.2) is 12.7 Å². The van der Waals surface area contributed by atoms with Gasteiger partial charge in [-0.15, -0.1) is 6.58 Å². The van der Waals surface area contributed by atoms with Gasteiger partial charge in [-0.3, -0.25) is 14.6 Å². The van der Waals surface area contributed by atoms with Gasteiger partial charge in [0.15, 0.2) is 0 Å². The summed E-state index contributed by atoms with van der Waals surface area (Å²) in [5, 5.41) is 0. The molecule has 14 heavy (non-hydrogen) atoms. The van der Waals surface area contributed by atoms with Gasteiger partial charge in [-0.2, -0.15) is 0 Å². The minimum atomic E-state index is -0.419. The Morgan fingerprint density at radius 2 is 2.36 bits per heavy atom. The molecule has 2 fully saturated rings. The highest BCUT2D eigenvalue weighted by Crippen LogP contribution is 2.26. The maximum atomic E-state index is 11.7. The van der Waals surface area contributed by atoms with Crippen molar-refractivity contribution in [1.29, 1.82) is 0 Å². The average molecular weight is 196 g/mol. The highest BCUT2D eigenvalue weighted by molar-refractivity contribution is 6.04. The van der Waals surface area contributed by atoms with Crippen molar-refractivity contribution in [3.05, 3.63) is 12.7 Å². The van der Waals surface area contributed by atoms with Gasteiger partial charge in [-0.05, 0) is 6.92 Å². The van der Waals surface area contributed by atoms with Crippen molar-refractivity contribution in [2.75, 3.05) is 13.2 Å². The van der Waals surface area contributed by atoms with Crippen LogP contribution >= 0.6 is 0 Å². The van der Waals surface area contributed by atoms with Gasteiger partial charge < -0.3 is 4.74 Å². The number of nitrogens with zero attached hydrogens (tertiary/aromatic N) is 2. The van der Waals surface area contributed by atoms with Gasteiger partial charge in [0.05, 0.1) is 6.61 Å². The minimum absolute atomic E-state index is 0.181. The van der Waals surface area contributed by atoms with Gasteiger partial charge in [0.25, 0.3) is 5.91 Å². The van der Waals surface area contributed by atoms with E-state index in [0.717, 1.165) is 0 Å². The van der Waals surface area contributed by atoms with Crippen LogP contribution in [0.5, 0.6) is 0 Å². The molecule has 76 valence electrons. The molecule has 5 heteroatoms. The number of ether oxygens (including phenoxy) is 1. The third-order valence-corrected chi connectivity index (χ3v) is 2.54. The summed E-state index contributed by atoms with van der Waals surface area (Å²) in [6.45, 7) is 5.86. The summed E-state index contributed by atoms with van der Waals surface area (Å²) in [5.74, 6) is -0.181. The fraction of sp³-hybridized carbons (Fsp3) is 0.556. The van der Waals surface area contributed by atoms with Crippen LogP contribution in [0.2, 0.25) is 0 Å². The van der Waals surface area contributed by atoms with Gasteiger partial charge in [0.2, 0.25) is 0 Å². The lowest BCUT2D eigenvalue weighted by atomic mass is 10.3. The van der Waals surface area contributed by atoms with Gasteiger partial charge in [-0.25, -0.2) is 4.79 Å². The summed E-state index contributed by atoms with van der Waals surface area (Å²) in [4.78, 5) is 26.1. The fourth-order valence-corrected chi connectivity index (χ4v) is 1.83. The van der Waals surface area contributed by atoms with E-state index in [9.17, 15) is 9.59 Å². The van der Waals surface area contributed by atoms with Gasteiger partial charge in [0.1, 0.15) is 12.3 Å². The van der Waals surface area contributed by atoms with Crippen LogP contribution in [0, 0.1) is 0 Å². The number of carbonyl (C=O) groups excluding carboxylic acids is 2. The smallest absolute Gasteiger partial charge is 0.329 e. The number of amides is 3. The molecule has 0 saturated carbocycles. The van der Waals surface area contributed by atoms with Crippen molar-refractivity contribution in [2.24, 2.45) is 0 Å². The zero-order valence-corrected chi connectivity index (χ0v) is 7.97. The van der Waals surface area contributed by atoms with Crippen molar-refractivity contribution in [2.45, 2.75) is 19.2 Å². The molecule has 3 amide bonds. The minimum Gasteiger partial charge on any atom is -0.356 e. The van der Waals surface area contributed by atoms with E-state index >= 15 is 0 Å². The lowest BCUT2D eigenvalue weighted by Crippen LogP contribution is -2.37. The molecule has 0 radical (unpaired) electrons. The summed E-state index contributed by atoms with van der Waals surface area (Å²) >= 11 is 0. The molecular weight excluding hydrogens is 184 g/mol. The normalized spacial score (nSPS) is 31.2. The molecular formula is C9H12N2O3. The number of carbonyl (C=O) groups is 2. The second-order valence-corrected chi connectivity index (χ2v) is 3.38. The highest BCUT2D eigenvalue weighted by Gasteiger charge is 2.50. The molecule has 0 aromatic carbocycles. The van der Waals surface area contributed by atoms with Gasteiger partial charge >= 0.3 is 6.03 Å². The molecule has 0 aliphatic carbocycles. The van der Waals surface area contributed by atoms with Crippen LogP contribution in [-0.4, -0.2) is 47.2 Å². The van der Waals surface area contributed by atoms with E-state index in [2.05, 4.69) is 6.58 Å². The number of imide groups is 1. The first-order valence-corrected chi connectivity index (χ1v) is 4.53. The Hall–Kier alpha value is -1.36. The monoisotopic (exact) mass is 196 g/mol. The second-order valence-electron chi connectivity index (χ2n) is 3.38. The van der Waals surface area contributed by atoms with Crippen LogP contribution in [0.25, 0.3) is 0 Å². The standard InChI is InChI=1S/C9H12N2O3/c1-3-4-10-8(12)7-5-14-6(2)11(7)9(10)13/h3,6-7H,1,4-5H2,2H3/t6?,7-/m1/s1. The quantitative estimate of drug-likeness (QED) is 0.467. The Balaban J connectivity index is 2.24. The van der Waals surface area contributed by atoms with Crippen LogP contribution in [0.1, 0.15) is 6.92 Å². The first-order chi connectivity index (χ1) is 6.66. The molecule has 2 saturated heterocycles. The lowest BCUT2D eigenvalue weighted by Gasteiger charge is -2.17. The molecule has 2 atom stereocenters. The Bertz CT molecular complexity index is 302. The maximum Gasteiger partial charge on any atom is 0.329 e. The van der Waals surface area contributed by atoms with E-state index in [4.69, 9.17) is 4.74 Å². The highest BCUT2D eigenvalue weighted by atomic mass is 16.5. The van der Waals surface area contributed by atoms with E-state index in [1.165, 1.54) is 9.80 Å². The average Bonchev–Trinajstić information content (AvgIpc) is 2.63. The number of rotatable bonds is 2. The fourth-order valence-electron chi connectivity index (χ4n) is 1.83. The Morgan fingerprint density at radius 3 is 2.93 bits per heavy atom. The van der Waals surface area contributed by atoms with Crippen LogP contribution in [0.3, 0.4) is 0 Å². The molecule has 0 N–H and O–H groups in total. The zero-order chi connectivity index (χ0) is 10.3. The van der Waals surface area contributed by atoms with E-state index < -0.39 is 6.04 Å². The molecule has 1 unspecified atom stereocenters. The summed E-state index contributed by atoms with van der Waals surface area (Å²) in [7, 11) is 0. The van der Waals surface area contributed by atoms with E-state index in [-0.39, 0.29) is 24.7 Å². The number of hydrogen-bond acceptors (Lipinski definition) is 3. The third kappa shape index (κ3) is 1.05. The molecule has 0 aromatic rings. The zero-order valence-electron chi connectivity index (χ0n) is 7.97. The predicted molar refractivity (Wildman–Crippen MR) is 48.3 cm³/mol. The molecule has 0 bridgehead atoms. The molecule has 5 nitrogen and oxygen atoms in total. The van der Waals surface area contributed by atoms with Crippen LogP contribution < -0.4 is 0 Å². The van der Waals surface area contributed by atoms with Crippen molar-refractivity contribution < 1.29 is 14.3 Å². The first kappa shape index (κ1) is 9.21. The summed E-state index contributed by atoms with van der Waals surface area (Å²) in [5.41, 5.74) is 0. The lowest BCUT2D eigenvalue weighted by molar-refractivity contribution is -0.127. The van der Waals surface area contributed by atoms with Crippen molar-refractivity contribution >= 4 is 11.9 Å². The SMILES string of the molecule is C=CCN1C(=O)[C@H]2COC(C)N2C1=O. The van der Waals surface area contributed by atoms with Crippen LogP contribution in [-0.2, 0) is 9.53 Å². The predicted octanol–water partition coefficient (Wildman–Crippen LogP) is 0.181. The topological polar surface area (TPSA) is 49.9 Å². The summed E-state index contributed by atoms with van der Waals surface area (Å²) in [6, 6.07) is -0.692. The largest absolute Gasteiger partial charge is 0.356 e. The number of urea groups is 1. The Labute approximate surface area is 81.9 Å². The molecule has 2 aliphatic heterocycles. The third-order valence-electron chi connectivity index (χ3n) is 2.54. The Morgan fingerprint density at radius 1 is 1.64 bits per heavy atom. The van der Waals surface area contributed by atoms with E-state index in [0.29, 0.717) is 6.61 Å².